The fourth-order valence-electron chi connectivity index (χ4n) is 2.77. The molecule has 0 radical (unpaired) electrons. The number of rotatable bonds is 4. The minimum atomic E-state index is -2.76. The maximum Gasteiger partial charge on any atom is 0.352 e. The molecule has 1 aliphatic rings. The normalized spacial score (nSPS) is 40.2. The van der Waals surface area contributed by atoms with Crippen LogP contribution in [0.5, 0.6) is 0 Å². The van der Waals surface area contributed by atoms with Gasteiger partial charge >= 0.3 is 34.2 Å². The smallest absolute Gasteiger partial charge is 0.352 e. The van der Waals surface area contributed by atoms with E-state index in [2.05, 4.69) is 19.7 Å². The van der Waals surface area contributed by atoms with Gasteiger partial charge < -0.3 is 16.5 Å². The van der Waals surface area contributed by atoms with Crippen LogP contribution in [0.4, 0.5) is 0 Å². The zero-order chi connectivity index (χ0) is 18.1. The first kappa shape index (κ1) is 19.5. The van der Waals surface area contributed by atoms with Crippen LogP contribution in [0.1, 0.15) is 0 Å². The Balaban J connectivity index is 2.56. The van der Waals surface area contributed by atoms with E-state index in [1.54, 1.807) is 17.1 Å². The average molecular weight is 395 g/mol. The van der Waals surface area contributed by atoms with Crippen LogP contribution in [0.2, 0.25) is 26.2 Å². The Labute approximate surface area is 149 Å². The molecule has 24 heavy (non-hydrogen) atoms. The van der Waals surface area contributed by atoms with Crippen molar-refractivity contribution in [1.29, 1.82) is 0 Å². The summed E-state index contributed by atoms with van der Waals surface area (Å²) >= 11 is 0. The molecule has 2 atom stereocenters. The molecule has 0 aromatic heterocycles. The first-order valence-electron chi connectivity index (χ1n) is 7.88. The van der Waals surface area contributed by atoms with Gasteiger partial charge in [-0.3, -0.25) is 0 Å². The molecular formula is C16H26O4Si4. The Kier molecular flexibility index (Phi) is 5.52. The van der Waals surface area contributed by atoms with Crippen molar-refractivity contribution in [1.82, 2.24) is 0 Å². The average Bonchev–Trinajstić information content (AvgIpc) is 2.54. The highest BCUT2D eigenvalue weighted by Gasteiger charge is 2.55. The van der Waals surface area contributed by atoms with Crippen molar-refractivity contribution in [2.45, 2.75) is 26.2 Å². The number of benzene rings is 1. The van der Waals surface area contributed by atoms with E-state index < -0.39 is 34.2 Å². The van der Waals surface area contributed by atoms with E-state index in [1.807, 2.05) is 56.5 Å². The third-order valence-electron chi connectivity index (χ3n) is 4.02. The van der Waals surface area contributed by atoms with Crippen LogP contribution in [-0.4, -0.2) is 34.2 Å². The third-order valence-corrected chi connectivity index (χ3v) is 20.5. The highest BCUT2D eigenvalue weighted by Crippen LogP contribution is 2.31. The predicted molar refractivity (Wildman–Crippen MR) is 107 cm³/mol. The van der Waals surface area contributed by atoms with Crippen LogP contribution in [-0.2, 0) is 16.5 Å². The van der Waals surface area contributed by atoms with Crippen LogP contribution in [0.3, 0.4) is 0 Å². The summed E-state index contributed by atoms with van der Waals surface area (Å²) in [5.41, 5.74) is 5.36. The van der Waals surface area contributed by atoms with Crippen LogP contribution in [0.15, 0.2) is 67.2 Å². The summed E-state index contributed by atoms with van der Waals surface area (Å²) < 4.78 is 26.0. The van der Waals surface area contributed by atoms with Crippen molar-refractivity contribution in [3.05, 3.63) is 67.2 Å². The van der Waals surface area contributed by atoms with Crippen molar-refractivity contribution in [2.75, 3.05) is 0 Å². The molecule has 130 valence electrons. The molecule has 1 heterocycles. The Hall–Kier alpha value is -0.852. The molecule has 1 aliphatic heterocycles. The van der Waals surface area contributed by atoms with Gasteiger partial charge in [-0.05, 0) is 31.4 Å². The summed E-state index contributed by atoms with van der Waals surface area (Å²) in [5, 5.41) is 1.04. The molecule has 0 amide bonds. The van der Waals surface area contributed by atoms with Gasteiger partial charge in [0, 0.05) is 0 Å². The standard InChI is InChI=1S/C16H26O4Si4/c1-8-21(4)17-22(5,9-2)19-24(7,16-14-12-11-13-15-16)20-23(6,10-3)18-21/h8-15H,1-3H2,4-7H3. The highest BCUT2D eigenvalue weighted by molar-refractivity contribution is 7.00. The molecule has 1 aromatic rings. The number of hydrogen-bond acceptors (Lipinski definition) is 4. The second-order valence-electron chi connectivity index (χ2n) is 6.38. The molecule has 0 spiro atoms. The third kappa shape index (κ3) is 4.03. The summed E-state index contributed by atoms with van der Waals surface area (Å²) in [4.78, 5) is 0. The topological polar surface area (TPSA) is 36.9 Å². The van der Waals surface area contributed by atoms with E-state index in [4.69, 9.17) is 16.5 Å². The minimum Gasteiger partial charge on any atom is -0.410 e. The molecule has 1 fully saturated rings. The quantitative estimate of drug-likeness (QED) is 0.733. The monoisotopic (exact) mass is 394 g/mol. The van der Waals surface area contributed by atoms with Crippen molar-refractivity contribution in [3.63, 3.8) is 0 Å². The van der Waals surface area contributed by atoms with Crippen LogP contribution in [0, 0.1) is 0 Å². The second-order valence-corrected chi connectivity index (χ2v) is 19.4. The summed E-state index contributed by atoms with van der Waals surface area (Å²) in [7, 11) is -10.8. The van der Waals surface area contributed by atoms with E-state index in [-0.39, 0.29) is 0 Å². The van der Waals surface area contributed by atoms with E-state index in [0.29, 0.717) is 0 Å². The SMILES string of the molecule is C=C[Si]1(C)O[Si](C)(C=C)O[Si](C)(c2ccccc2)O[Si](C)(C=C)O1. The molecule has 4 nitrogen and oxygen atoms in total. The van der Waals surface area contributed by atoms with Gasteiger partial charge in [0.2, 0.25) is 0 Å². The Morgan fingerprint density at radius 3 is 1.42 bits per heavy atom. The van der Waals surface area contributed by atoms with Crippen LogP contribution < -0.4 is 5.19 Å². The largest absolute Gasteiger partial charge is 0.410 e. The summed E-state index contributed by atoms with van der Waals surface area (Å²) in [5.74, 6) is 0. The molecule has 0 saturated carbocycles. The lowest BCUT2D eigenvalue weighted by atomic mass is 10.4. The lowest BCUT2D eigenvalue weighted by Gasteiger charge is -2.47. The first-order valence-corrected chi connectivity index (χ1v) is 17.4. The highest BCUT2D eigenvalue weighted by atomic mass is 28.5. The molecule has 0 N–H and O–H groups in total. The molecule has 0 aliphatic carbocycles. The summed E-state index contributed by atoms with van der Waals surface area (Å²) in [6, 6.07) is 10.0. The molecule has 2 unspecified atom stereocenters. The van der Waals surface area contributed by atoms with Crippen molar-refractivity contribution in [2.24, 2.45) is 0 Å². The first-order chi connectivity index (χ1) is 11.1. The van der Waals surface area contributed by atoms with Gasteiger partial charge in [-0.1, -0.05) is 47.4 Å². The molecule has 1 aromatic carbocycles. The van der Waals surface area contributed by atoms with Crippen molar-refractivity contribution in [3.8, 4) is 0 Å². The fraction of sp³-hybridized carbons (Fsp3) is 0.250. The van der Waals surface area contributed by atoms with Crippen molar-refractivity contribution >= 4 is 39.4 Å². The molecule has 2 rings (SSSR count). The van der Waals surface area contributed by atoms with Crippen molar-refractivity contribution < 1.29 is 16.5 Å². The Morgan fingerprint density at radius 1 is 0.667 bits per heavy atom. The van der Waals surface area contributed by atoms with Crippen LogP contribution in [0.25, 0.3) is 0 Å². The van der Waals surface area contributed by atoms with Gasteiger partial charge in [0.25, 0.3) is 0 Å². The maximum absolute atomic E-state index is 6.61. The molecule has 0 bridgehead atoms. The van der Waals surface area contributed by atoms with Gasteiger partial charge in [-0.25, -0.2) is 0 Å². The minimum absolute atomic E-state index is 1.04. The summed E-state index contributed by atoms with van der Waals surface area (Å²) in [6.07, 6.45) is 0. The van der Waals surface area contributed by atoms with Gasteiger partial charge in [-0.2, -0.15) is 0 Å². The van der Waals surface area contributed by atoms with Gasteiger partial charge in [0.15, 0.2) is 0 Å². The van der Waals surface area contributed by atoms with Gasteiger partial charge in [0.05, 0.1) is 0 Å². The van der Waals surface area contributed by atoms with E-state index >= 15 is 0 Å². The van der Waals surface area contributed by atoms with E-state index in [9.17, 15) is 0 Å². The van der Waals surface area contributed by atoms with Gasteiger partial charge in [0.1, 0.15) is 0 Å². The summed E-state index contributed by atoms with van der Waals surface area (Å²) in [6.45, 7) is 19.8. The number of hydrogen-bond donors (Lipinski definition) is 0. The Bertz CT molecular complexity index is 612. The predicted octanol–water partition coefficient (Wildman–Crippen LogP) is 3.44. The molecule has 1 saturated heterocycles. The lowest BCUT2D eigenvalue weighted by molar-refractivity contribution is 0.251. The molecule has 8 heteroatoms. The lowest BCUT2D eigenvalue weighted by Crippen LogP contribution is -2.69. The Morgan fingerprint density at radius 2 is 1.04 bits per heavy atom. The van der Waals surface area contributed by atoms with Gasteiger partial charge in [-0.15, -0.1) is 19.7 Å². The van der Waals surface area contributed by atoms with Crippen LogP contribution >= 0.6 is 0 Å². The van der Waals surface area contributed by atoms with E-state index in [1.165, 1.54) is 0 Å². The van der Waals surface area contributed by atoms with E-state index in [0.717, 1.165) is 5.19 Å². The zero-order valence-corrected chi connectivity index (χ0v) is 18.9. The zero-order valence-electron chi connectivity index (χ0n) is 14.9. The maximum atomic E-state index is 6.61. The fourth-order valence-corrected chi connectivity index (χ4v) is 21.3. The molecular weight excluding hydrogens is 369 g/mol. The second kappa shape index (κ2) is 6.81.